The summed E-state index contributed by atoms with van der Waals surface area (Å²) >= 11 is 0. The predicted octanol–water partition coefficient (Wildman–Crippen LogP) is 4.88. The second-order valence-electron chi connectivity index (χ2n) is 6.57. The Labute approximate surface area is 151 Å². The maximum absolute atomic E-state index is 12.7. The number of nitro benzene ring substituents is 1. The molecule has 132 valence electrons. The molecule has 0 heterocycles. The van der Waals surface area contributed by atoms with Crippen molar-refractivity contribution in [1.29, 1.82) is 0 Å². The molecule has 1 unspecified atom stereocenters. The molecule has 1 amide bonds. The second kappa shape index (κ2) is 7.35. The van der Waals surface area contributed by atoms with E-state index >= 15 is 0 Å². The summed E-state index contributed by atoms with van der Waals surface area (Å²) in [6, 6.07) is 19.6. The van der Waals surface area contributed by atoms with Gasteiger partial charge in [0, 0.05) is 17.7 Å². The van der Waals surface area contributed by atoms with E-state index in [1.165, 1.54) is 24.3 Å². The van der Waals surface area contributed by atoms with Crippen LogP contribution >= 0.6 is 0 Å². The maximum Gasteiger partial charge on any atom is 0.269 e. The number of non-ortho nitro benzene ring substituents is 1. The fourth-order valence-corrected chi connectivity index (χ4v) is 3.08. The number of hydrogen-bond acceptors (Lipinski definition) is 3. The first-order valence-electron chi connectivity index (χ1n) is 8.50. The molecule has 3 aromatic carbocycles. The molecule has 0 fully saturated rings. The zero-order valence-electron chi connectivity index (χ0n) is 14.7. The number of amides is 1. The molecule has 1 atom stereocenters. The quantitative estimate of drug-likeness (QED) is 0.528. The lowest BCUT2D eigenvalue weighted by Crippen LogP contribution is -2.31. The fraction of sp³-hybridized carbons (Fsp3) is 0.190. The van der Waals surface area contributed by atoms with Crippen LogP contribution in [-0.4, -0.2) is 10.8 Å². The van der Waals surface area contributed by atoms with Crippen LogP contribution in [0.2, 0.25) is 0 Å². The summed E-state index contributed by atoms with van der Waals surface area (Å²) < 4.78 is 0. The van der Waals surface area contributed by atoms with Crippen LogP contribution in [0, 0.1) is 16.0 Å². The van der Waals surface area contributed by atoms with Crippen LogP contribution in [0.5, 0.6) is 0 Å². The van der Waals surface area contributed by atoms with E-state index in [1.807, 2.05) is 36.4 Å². The first kappa shape index (κ1) is 17.6. The molecule has 0 radical (unpaired) electrons. The van der Waals surface area contributed by atoms with E-state index in [2.05, 4.69) is 25.2 Å². The normalized spacial score (nSPS) is 12.1. The minimum atomic E-state index is -0.477. The van der Waals surface area contributed by atoms with Crippen molar-refractivity contribution in [2.75, 3.05) is 0 Å². The van der Waals surface area contributed by atoms with E-state index in [0.717, 1.165) is 16.3 Å². The molecule has 0 aliphatic carbocycles. The van der Waals surface area contributed by atoms with E-state index in [4.69, 9.17) is 0 Å². The first-order valence-corrected chi connectivity index (χ1v) is 8.50. The van der Waals surface area contributed by atoms with Crippen molar-refractivity contribution in [3.05, 3.63) is 88.0 Å². The molecule has 3 rings (SSSR count). The number of hydrogen-bond donors (Lipinski definition) is 1. The third kappa shape index (κ3) is 3.57. The number of fused-ring (bicyclic) bond motifs is 1. The third-order valence-corrected chi connectivity index (χ3v) is 4.45. The lowest BCUT2D eigenvalue weighted by atomic mass is 9.91. The highest BCUT2D eigenvalue weighted by Crippen LogP contribution is 2.29. The molecule has 0 spiro atoms. The van der Waals surface area contributed by atoms with Crippen LogP contribution < -0.4 is 5.32 Å². The number of nitrogens with one attached hydrogen (secondary N) is 1. The summed E-state index contributed by atoms with van der Waals surface area (Å²) in [4.78, 5) is 23.0. The Morgan fingerprint density at radius 1 is 0.962 bits per heavy atom. The molecule has 3 aromatic rings. The number of carbonyl (C=O) groups excluding carboxylic acids is 1. The van der Waals surface area contributed by atoms with E-state index < -0.39 is 4.92 Å². The molecule has 5 heteroatoms. The number of nitro groups is 1. The van der Waals surface area contributed by atoms with Gasteiger partial charge in [-0.25, -0.2) is 0 Å². The lowest BCUT2D eigenvalue weighted by molar-refractivity contribution is -0.384. The van der Waals surface area contributed by atoms with Crippen molar-refractivity contribution in [3.8, 4) is 0 Å². The Hall–Kier alpha value is -3.21. The maximum atomic E-state index is 12.7. The van der Waals surface area contributed by atoms with Gasteiger partial charge in [-0.05, 0) is 34.4 Å². The van der Waals surface area contributed by atoms with Gasteiger partial charge in [0.1, 0.15) is 0 Å². The number of benzene rings is 3. The predicted molar refractivity (Wildman–Crippen MR) is 102 cm³/mol. The zero-order chi connectivity index (χ0) is 18.7. The zero-order valence-corrected chi connectivity index (χ0v) is 14.7. The molecule has 0 aliphatic rings. The monoisotopic (exact) mass is 348 g/mol. The molecular weight excluding hydrogens is 328 g/mol. The van der Waals surface area contributed by atoms with Gasteiger partial charge in [-0.2, -0.15) is 0 Å². The minimum absolute atomic E-state index is 0.0315. The van der Waals surface area contributed by atoms with Gasteiger partial charge in [-0.3, -0.25) is 14.9 Å². The highest BCUT2D eigenvalue weighted by Gasteiger charge is 2.21. The van der Waals surface area contributed by atoms with Crippen molar-refractivity contribution in [2.45, 2.75) is 19.9 Å². The van der Waals surface area contributed by atoms with Gasteiger partial charge in [-0.15, -0.1) is 0 Å². The summed E-state index contributed by atoms with van der Waals surface area (Å²) in [5, 5.41) is 16.1. The summed E-state index contributed by atoms with van der Waals surface area (Å²) in [6.07, 6.45) is 0. The Morgan fingerprint density at radius 2 is 1.62 bits per heavy atom. The molecule has 5 nitrogen and oxygen atoms in total. The summed E-state index contributed by atoms with van der Waals surface area (Å²) in [5.41, 5.74) is 1.44. The fourth-order valence-electron chi connectivity index (χ4n) is 3.08. The third-order valence-electron chi connectivity index (χ3n) is 4.45. The SMILES string of the molecule is CC(C)C(NC(=O)c1ccc([N+](=O)[O-])cc1)c1cccc2ccccc12. The van der Waals surface area contributed by atoms with Crippen molar-refractivity contribution in [2.24, 2.45) is 5.92 Å². The molecule has 0 aliphatic heterocycles. The van der Waals surface area contributed by atoms with Crippen LogP contribution in [-0.2, 0) is 0 Å². The van der Waals surface area contributed by atoms with Gasteiger partial charge in [0.15, 0.2) is 0 Å². The van der Waals surface area contributed by atoms with Crippen molar-refractivity contribution in [3.63, 3.8) is 0 Å². The van der Waals surface area contributed by atoms with Crippen LogP contribution in [0.15, 0.2) is 66.7 Å². The Bertz CT molecular complexity index is 944. The highest BCUT2D eigenvalue weighted by molar-refractivity contribution is 5.95. The van der Waals surface area contributed by atoms with Crippen molar-refractivity contribution >= 4 is 22.4 Å². The Kier molecular flexibility index (Phi) is 4.98. The first-order chi connectivity index (χ1) is 12.5. The number of carbonyl (C=O) groups is 1. The molecule has 26 heavy (non-hydrogen) atoms. The highest BCUT2D eigenvalue weighted by atomic mass is 16.6. The summed E-state index contributed by atoms with van der Waals surface area (Å²) in [6.45, 7) is 4.12. The second-order valence-corrected chi connectivity index (χ2v) is 6.57. The van der Waals surface area contributed by atoms with Crippen LogP contribution in [0.1, 0.15) is 35.8 Å². The molecule has 0 aromatic heterocycles. The van der Waals surface area contributed by atoms with Gasteiger partial charge >= 0.3 is 0 Å². The van der Waals surface area contributed by atoms with Gasteiger partial charge in [0.25, 0.3) is 11.6 Å². The smallest absolute Gasteiger partial charge is 0.269 e. The molecular formula is C21H20N2O3. The standard InChI is InChI=1S/C21H20N2O3/c1-14(2)20(19-9-5-7-15-6-3-4-8-18(15)19)22-21(24)16-10-12-17(13-11-16)23(25)26/h3-14,20H,1-2H3,(H,22,24). The molecule has 0 saturated heterocycles. The molecule has 0 bridgehead atoms. The summed E-state index contributed by atoms with van der Waals surface area (Å²) in [7, 11) is 0. The van der Waals surface area contributed by atoms with E-state index in [-0.39, 0.29) is 23.6 Å². The molecule has 0 saturated carbocycles. The van der Waals surface area contributed by atoms with Gasteiger partial charge in [0.2, 0.25) is 0 Å². The van der Waals surface area contributed by atoms with Crippen LogP contribution in [0.4, 0.5) is 5.69 Å². The average molecular weight is 348 g/mol. The largest absolute Gasteiger partial charge is 0.345 e. The lowest BCUT2D eigenvalue weighted by Gasteiger charge is -2.24. The topological polar surface area (TPSA) is 72.2 Å². The Morgan fingerprint density at radius 3 is 2.27 bits per heavy atom. The number of nitrogens with zero attached hydrogens (tertiary/aromatic N) is 1. The van der Waals surface area contributed by atoms with Crippen LogP contribution in [0.3, 0.4) is 0 Å². The molecule has 1 N–H and O–H groups in total. The number of rotatable bonds is 5. The average Bonchev–Trinajstić information content (AvgIpc) is 2.65. The van der Waals surface area contributed by atoms with E-state index in [9.17, 15) is 14.9 Å². The van der Waals surface area contributed by atoms with E-state index in [1.54, 1.807) is 0 Å². The van der Waals surface area contributed by atoms with Crippen LogP contribution in [0.25, 0.3) is 10.8 Å². The van der Waals surface area contributed by atoms with Gasteiger partial charge in [0.05, 0.1) is 11.0 Å². The Balaban J connectivity index is 1.91. The van der Waals surface area contributed by atoms with E-state index in [0.29, 0.717) is 5.56 Å². The van der Waals surface area contributed by atoms with Gasteiger partial charge in [-0.1, -0.05) is 56.3 Å². The van der Waals surface area contributed by atoms with Crippen molar-refractivity contribution < 1.29 is 9.72 Å². The van der Waals surface area contributed by atoms with Gasteiger partial charge < -0.3 is 5.32 Å². The minimum Gasteiger partial charge on any atom is -0.345 e. The summed E-state index contributed by atoms with van der Waals surface area (Å²) in [5.74, 6) is -0.0608. The van der Waals surface area contributed by atoms with Crippen molar-refractivity contribution in [1.82, 2.24) is 5.32 Å².